The second kappa shape index (κ2) is 9.93. The molecule has 29 heavy (non-hydrogen) atoms. The van der Waals surface area contributed by atoms with Crippen molar-refractivity contribution in [1.82, 2.24) is 5.32 Å². The van der Waals surface area contributed by atoms with Crippen molar-refractivity contribution in [2.75, 3.05) is 26.4 Å². The number of carbonyl (C=O) groups excluding carboxylic acids is 2. The molecule has 0 saturated heterocycles. The first-order valence-corrected chi connectivity index (χ1v) is 9.70. The molecule has 0 spiro atoms. The highest BCUT2D eigenvalue weighted by Gasteiger charge is 2.25. The maximum atomic E-state index is 12.4. The van der Waals surface area contributed by atoms with Gasteiger partial charge in [-0.3, -0.25) is 0 Å². The zero-order valence-electron chi connectivity index (χ0n) is 16.2. The predicted molar refractivity (Wildman–Crippen MR) is 108 cm³/mol. The van der Waals surface area contributed by atoms with Crippen molar-refractivity contribution < 1.29 is 28.9 Å². The van der Waals surface area contributed by atoms with Crippen LogP contribution in [0.25, 0.3) is 10.8 Å². The predicted octanol–water partition coefficient (Wildman–Crippen LogP) is 2.91. The molecule has 0 aromatic heterocycles. The van der Waals surface area contributed by atoms with Crippen LogP contribution in [0, 0.1) is 0 Å². The molecule has 1 amide bonds. The van der Waals surface area contributed by atoms with Crippen LogP contribution >= 0.6 is 0 Å². The molecule has 2 aromatic rings. The number of hydrogen-bond donors (Lipinski definition) is 2. The Bertz CT molecular complexity index is 908. The molecule has 3 rings (SSSR count). The van der Waals surface area contributed by atoms with Crippen molar-refractivity contribution in [2.45, 2.75) is 25.7 Å². The van der Waals surface area contributed by atoms with Crippen LogP contribution in [-0.4, -0.2) is 43.5 Å². The third kappa shape index (κ3) is 4.86. The lowest BCUT2D eigenvalue weighted by atomic mass is 9.87. The average molecular weight is 399 g/mol. The Morgan fingerprint density at radius 1 is 1.07 bits per heavy atom. The van der Waals surface area contributed by atoms with E-state index in [1.54, 1.807) is 0 Å². The highest BCUT2D eigenvalue weighted by Crippen LogP contribution is 2.44. The second-order valence-corrected chi connectivity index (χ2v) is 6.63. The SMILES string of the molecule is C=CC(=O)OCCNC(=O)Oc1c2c(c(OCCO)c3ccccc13)CCCC2. The summed E-state index contributed by atoms with van der Waals surface area (Å²) in [6.07, 6.45) is 4.10. The van der Waals surface area contributed by atoms with E-state index in [0.29, 0.717) is 5.75 Å². The number of amides is 1. The summed E-state index contributed by atoms with van der Waals surface area (Å²) in [5, 5.41) is 13.4. The van der Waals surface area contributed by atoms with Gasteiger partial charge < -0.3 is 24.6 Å². The molecule has 1 aliphatic rings. The van der Waals surface area contributed by atoms with Crippen molar-refractivity contribution in [2.24, 2.45) is 0 Å². The number of rotatable bonds is 8. The fourth-order valence-corrected chi connectivity index (χ4v) is 3.53. The molecule has 7 heteroatoms. The first-order valence-electron chi connectivity index (χ1n) is 9.70. The molecule has 0 fully saturated rings. The Hall–Kier alpha value is -3.06. The summed E-state index contributed by atoms with van der Waals surface area (Å²) in [7, 11) is 0. The zero-order valence-corrected chi connectivity index (χ0v) is 16.2. The maximum Gasteiger partial charge on any atom is 0.412 e. The summed E-state index contributed by atoms with van der Waals surface area (Å²) in [6.45, 7) is 3.62. The molecule has 7 nitrogen and oxygen atoms in total. The lowest BCUT2D eigenvalue weighted by molar-refractivity contribution is -0.137. The number of ether oxygens (including phenoxy) is 3. The van der Waals surface area contributed by atoms with Gasteiger partial charge in [-0.15, -0.1) is 0 Å². The molecule has 0 radical (unpaired) electrons. The van der Waals surface area contributed by atoms with Gasteiger partial charge in [0.25, 0.3) is 0 Å². The van der Waals surface area contributed by atoms with E-state index < -0.39 is 12.1 Å². The lowest BCUT2D eigenvalue weighted by Gasteiger charge is -2.25. The van der Waals surface area contributed by atoms with Crippen LogP contribution in [0.3, 0.4) is 0 Å². The Morgan fingerprint density at radius 2 is 1.72 bits per heavy atom. The summed E-state index contributed by atoms with van der Waals surface area (Å²) >= 11 is 0. The molecule has 0 heterocycles. The molecule has 0 aliphatic heterocycles. The monoisotopic (exact) mass is 399 g/mol. The summed E-state index contributed by atoms with van der Waals surface area (Å²) in [4.78, 5) is 23.4. The number of fused-ring (bicyclic) bond motifs is 2. The third-order valence-corrected chi connectivity index (χ3v) is 4.75. The van der Waals surface area contributed by atoms with E-state index in [2.05, 4.69) is 11.9 Å². The van der Waals surface area contributed by atoms with Crippen molar-refractivity contribution in [3.05, 3.63) is 48.0 Å². The van der Waals surface area contributed by atoms with E-state index >= 15 is 0 Å². The molecule has 2 N–H and O–H groups in total. The van der Waals surface area contributed by atoms with Crippen molar-refractivity contribution in [3.63, 3.8) is 0 Å². The second-order valence-electron chi connectivity index (χ2n) is 6.63. The Morgan fingerprint density at radius 3 is 2.38 bits per heavy atom. The summed E-state index contributed by atoms with van der Waals surface area (Å²) in [5.41, 5.74) is 2.00. The van der Waals surface area contributed by atoms with Gasteiger partial charge in [-0.05, 0) is 25.7 Å². The molecule has 0 unspecified atom stereocenters. The van der Waals surface area contributed by atoms with Crippen molar-refractivity contribution in [3.8, 4) is 11.5 Å². The number of carbonyl (C=O) groups is 2. The van der Waals surface area contributed by atoms with Gasteiger partial charge >= 0.3 is 12.1 Å². The fourth-order valence-electron chi connectivity index (χ4n) is 3.53. The van der Waals surface area contributed by atoms with Gasteiger partial charge in [-0.1, -0.05) is 30.8 Å². The minimum Gasteiger partial charge on any atom is -0.490 e. The van der Waals surface area contributed by atoms with E-state index in [-0.39, 0.29) is 26.4 Å². The smallest absolute Gasteiger partial charge is 0.412 e. The minimum atomic E-state index is -0.610. The Labute approximate surface area is 169 Å². The molecular weight excluding hydrogens is 374 g/mol. The maximum absolute atomic E-state index is 12.4. The molecular formula is C22H25NO6. The lowest BCUT2D eigenvalue weighted by Crippen LogP contribution is -2.31. The minimum absolute atomic E-state index is 0.0345. The van der Waals surface area contributed by atoms with Gasteiger partial charge in [-0.2, -0.15) is 0 Å². The van der Waals surface area contributed by atoms with Crippen LogP contribution in [0.1, 0.15) is 24.0 Å². The summed E-state index contributed by atoms with van der Waals surface area (Å²) in [5.74, 6) is 0.749. The van der Waals surface area contributed by atoms with Gasteiger partial charge in [0.2, 0.25) is 0 Å². The van der Waals surface area contributed by atoms with Gasteiger partial charge in [-0.25, -0.2) is 9.59 Å². The Kier molecular flexibility index (Phi) is 7.08. The van der Waals surface area contributed by atoms with Crippen LogP contribution in [0.5, 0.6) is 11.5 Å². The van der Waals surface area contributed by atoms with Gasteiger partial charge in [0.1, 0.15) is 24.7 Å². The number of aliphatic hydroxyl groups excluding tert-OH is 1. The summed E-state index contributed by atoms with van der Waals surface area (Å²) in [6, 6.07) is 7.61. The normalized spacial score (nSPS) is 12.7. The molecule has 1 aliphatic carbocycles. The zero-order chi connectivity index (χ0) is 20.6. The molecule has 154 valence electrons. The first kappa shape index (κ1) is 20.7. The largest absolute Gasteiger partial charge is 0.490 e. The highest BCUT2D eigenvalue weighted by molar-refractivity contribution is 5.97. The van der Waals surface area contributed by atoms with E-state index in [1.165, 1.54) is 0 Å². The van der Waals surface area contributed by atoms with Crippen LogP contribution < -0.4 is 14.8 Å². The third-order valence-electron chi connectivity index (χ3n) is 4.75. The number of nitrogens with one attached hydrogen (secondary N) is 1. The molecule has 0 bridgehead atoms. The van der Waals surface area contributed by atoms with Gasteiger partial charge in [0.05, 0.1) is 13.2 Å². The highest BCUT2D eigenvalue weighted by atomic mass is 16.6. The number of aliphatic hydroxyl groups is 1. The van der Waals surface area contributed by atoms with Crippen LogP contribution in [0.2, 0.25) is 0 Å². The first-order chi connectivity index (χ1) is 14.2. The standard InChI is InChI=1S/C22H25NO6/c1-2-19(25)27-13-11-23-22(26)29-21-17-9-5-3-7-15(17)20(28-14-12-24)16-8-4-6-10-18(16)21/h2-3,5,7,9,24H,1,4,6,8,10-14H2,(H,23,26). The van der Waals surface area contributed by atoms with Crippen molar-refractivity contribution in [1.29, 1.82) is 0 Å². The van der Waals surface area contributed by atoms with E-state index in [1.807, 2.05) is 24.3 Å². The fraction of sp³-hybridized carbons (Fsp3) is 0.364. The van der Waals surface area contributed by atoms with Crippen molar-refractivity contribution >= 4 is 22.8 Å². The number of hydrogen-bond acceptors (Lipinski definition) is 6. The Balaban J connectivity index is 1.86. The van der Waals surface area contributed by atoms with E-state index in [0.717, 1.165) is 59.4 Å². The van der Waals surface area contributed by atoms with Gasteiger partial charge in [0, 0.05) is 28.0 Å². The van der Waals surface area contributed by atoms with Crippen LogP contribution in [0.4, 0.5) is 4.79 Å². The summed E-state index contributed by atoms with van der Waals surface area (Å²) < 4.78 is 16.4. The average Bonchev–Trinajstić information content (AvgIpc) is 2.76. The van der Waals surface area contributed by atoms with Crippen LogP contribution in [0.15, 0.2) is 36.9 Å². The number of benzene rings is 2. The number of esters is 1. The van der Waals surface area contributed by atoms with Gasteiger partial charge in [0.15, 0.2) is 0 Å². The quantitative estimate of drug-likeness (QED) is 0.403. The molecule has 0 saturated carbocycles. The molecule has 0 atom stereocenters. The van der Waals surface area contributed by atoms with E-state index in [9.17, 15) is 14.7 Å². The van der Waals surface area contributed by atoms with E-state index in [4.69, 9.17) is 14.2 Å². The van der Waals surface area contributed by atoms with Crippen LogP contribution in [-0.2, 0) is 22.4 Å². The molecule has 2 aromatic carbocycles. The topological polar surface area (TPSA) is 94.1 Å².